The monoisotopic (exact) mass is 328 g/mol. The van der Waals surface area contributed by atoms with Crippen molar-refractivity contribution in [2.45, 2.75) is 0 Å². The molecule has 2 N–H and O–H groups in total. The Balaban J connectivity index is 2.30. The molecule has 2 aromatic carbocycles. The van der Waals surface area contributed by atoms with Crippen LogP contribution in [0.4, 0.5) is 5.69 Å². The summed E-state index contributed by atoms with van der Waals surface area (Å²) >= 11 is 5.89. The molecule has 116 valence electrons. The SMILES string of the molecule is COc1cc(/C=C(/C#N)C(=O)Nc2ccccc2)cc(Cl)c1O. The fraction of sp³-hybridized carbons (Fsp3) is 0.0588. The molecule has 0 aliphatic carbocycles. The minimum atomic E-state index is -0.540. The fourth-order valence-corrected chi connectivity index (χ4v) is 2.09. The van der Waals surface area contributed by atoms with Crippen LogP contribution in [0.15, 0.2) is 48.0 Å². The highest BCUT2D eigenvalue weighted by Crippen LogP contribution is 2.35. The van der Waals surface area contributed by atoms with Crippen LogP contribution in [0.1, 0.15) is 5.56 Å². The van der Waals surface area contributed by atoms with Crippen LogP contribution in [0.25, 0.3) is 6.08 Å². The van der Waals surface area contributed by atoms with Gasteiger partial charge in [-0.3, -0.25) is 4.79 Å². The highest BCUT2D eigenvalue weighted by Gasteiger charge is 2.12. The number of benzene rings is 2. The molecular weight excluding hydrogens is 316 g/mol. The Labute approximate surface area is 138 Å². The van der Waals surface area contributed by atoms with E-state index in [1.807, 2.05) is 12.1 Å². The number of carbonyl (C=O) groups excluding carboxylic acids is 1. The Hall–Kier alpha value is -2.97. The van der Waals surface area contributed by atoms with Gasteiger partial charge in [0.05, 0.1) is 12.1 Å². The van der Waals surface area contributed by atoms with Crippen molar-refractivity contribution in [3.05, 3.63) is 58.6 Å². The zero-order chi connectivity index (χ0) is 16.8. The summed E-state index contributed by atoms with van der Waals surface area (Å²) in [4.78, 5) is 12.1. The third-order valence-electron chi connectivity index (χ3n) is 2.98. The molecule has 0 atom stereocenters. The number of anilines is 1. The van der Waals surface area contributed by atoms with Gasteiger partial charge in [-0.25, -0.2) is 0 Å². The highest BCUT2D eigenvalue weighted by molar-refractivity contribution is 6.32. The van der Waals surface area contributed by atoms with E-state index in [4.69, 9.17) is 16.3 Å². The lowest BCUT2D eigenvalue weighted by Gasteiger charge is -2.07. The summed E-state index contributed by atoms with van der Waals surface area (Å²) in [6.45, 7) is 0. The number of nitrogens with zero attached hydrogens (tertiary/aromatic N) is 1. The van der Waals surface area contributed by atoms with Crippen molar-refractivity contribution in [1.29, 1.82) is 5.26 Å². The van der Waals surface area contributed by atoms with Crippen LogP contribution in [0.3, 0.4) is 0 Å². The quantitative estimate of drug-likeness (QED) is 0.663. The first-order valence-corrected chi connectivity index (χ1v) is 6.97. The minimum absolute atomic E-state index is 0.0661. The van der Waals surface area contributed by atoms with E-state index in [-0.39, 0.29) is 22.1 Å². The summed E-state index contributed by atoms with van der Waals surface area (Å²) < 4.78 is 4.99. The van der Waals surface area contributed by atoms with E-state index in [2.05, 4.69) is 5.32 Å². The lowest BCUT2D eigenvalue weighted by Crippen LogP contribution is -2.13. The van der Waals surface area contributed by atoms with Gasteiger partial charge < -0.3 is 15.2 Å². The summed E-state index contributed by atoms with van der Waals surface area (Å²) in [5, 5.41) is 21.6. The van der Waals surface area contributed by atoms with Crippen molar-refractivity contribution >= 4 is 29.3 Å². The number of nitrogens with one attached hydrogen (secondary N) is 1. The molecule has 0 saturated heterocycles. The van der Waals surface area contributed by atoms with E-state index in [1.54, 1.807) is 24.3 Å². The molecule has 0 aromatic heterocycles. The summed E-state index contributed by atoms with van der Waals surface area (Å²) in [6, 6.07) is 13.6. The third-order valence-corrected chi connectivity index (χ3v) is 3.27. The fourth-order valence-electron chi connectivity index (χ4n) is 1.87. The molecule has 23 heavy (non-hydrogen) atoms. The number of aromatic hydroxyl groups is 1. The van der Waals surface area contributed by atoms with Gasteiger partial charge in [-0.15, -0.1) is 0 Å². The number of phenolic OH excluding ortho intramolecular Hbond substituents is 1. The maximum absolute atomic E-state index is 12.1. The predicted molar refractivity (Wildman–Crippen MR) is 88.3 cm³/mol. The van der Waals surface area contributed by atoms with Gasteiger partial charge in [-0.1, -0.05) is 29.8 Å². The van der Waals surface area contributed by atoms with Crippen molar-refractivity contribution in [2.75, 3.05) is 12.4 Å². The van der Waals surface area contributed by atoms with E-state index < -0.39 is 5.91 Å². The summed E-state index contributed by atoms with van der Waals surface area (Å²) in [5.74, 6) is -0.579. The predicted octanol–water partition coefficient (Wildman–Crippen LogP) is 3.60. The van der Waals surface area contributed by atoms with Gasteiger partial charge in [0.2, 0.25) is 0 Å². The Kier molecular flexibility index (Phi) is 5.23. The lowest BCUT2D eigenvalue weighted by molar-refractivity contribution is -0.112. The van der Waals surface area contributed by atoms with Crippen LogP contribution in [-0.2, 0) is 4.79 Å². The first kappa shape index (κ1) is 16.4. The molecule has 0 spiro atoms. The van der Waals surface area contributed by atoms with Gasteiger partial charge in [0.15, 0.2) is 11.5 Å². The zero-order valence-electron chi connectivity index (χ0n) is 12.2. The molecule has 0 saturated carbocycles. The normalized spacial score (nSPS) is 10.7. The molecule has 0 heterocycles. The summed E-state index contributed by atoms with van der Waals surface area (Å²) in [5.41, 5.74) is 0.946. The molecule has 1 amide bonds. The largest absolute Gasteiger partial charge is 0.503 e. The first-order valence-electron chi connectivity index (χ1n) is 6.60. The van der Waals surface area contributed by atoms with Gasteiger partial charge in [0.1, 0.15) is 11.6 Å². The van der Waals surface area contributed by atoms with Gasteiger partial charge in [-0.05, 0) is 35.9 Å². The second kappa shape index (κ2) is 7.34. The molecule has 0 radical (unpaired) electrons. The number of ether oxygens (including phenoxy) is 1. The summed E-state index contributed by atoms with van der Waals surface area (Å²) in [7, 11) is 1.38. The van der Waals surface area contributed by atoms with E-state index in [0.29, 0.717) is 11.3 Å². The number of carbonyl (C=O) groups is 1. The molecule has 0 aliphatic heterocycles. The second-order valence-electron chi connectivity index (χ2n) is 4.54. The molecule has 0 fully saturated rings. The summed E-state index contributed by atoms with van der Waals surface area (Å²) in [6.07, 6.45) is 1.37. The number of phenols is 1. The third kappa shape index (κ3) is 4.02. The number of hydrogen-bond acceptors (Lipinski definition) is 4. The topological polar surface area (TPSA) is 82.3 Å². The lowest BCUT2D eigenvalue weighted by atomic mass is 10.1. The second-order valence-corrected chi connectivity index (χ2v) is 4.95. The maximum atomic E-state index is 12.1. The number of halogens is 1. The molecule has 0 aliphatic rings. The molecule has 2 aromatic rings. The molecule has 0 unspecified atom stereocenters. The molecule has 2 rings (SSSR count). The van der Waals surface area contributed by atoms with Crippen molar-refractivity contribution < 1.29 is 14.6 Å². The Morgan fingerprint density at radius 1 is 1.35 bits per heavy atom. The zero-order valence-corrected chi connectivity index (χ0v) is 13.0. The number of methoxy groups -OCH3 is 1. The van der Waals surface area contributed by atoms with Crippen molar-refractivity contribution in [3.63, 3.8) is 0 Å². The van der Waals surface area contributed by atoms with E-state index >= 15 is 0 Å². The van der Waals surface area contributed by atoms with Gasteiger partial charge >= 0.3 is 0 Å². The van der Waals surface area contributed by atoms with Crippen molar-refractivity contribution in [1.82, 2.24) is 0 Å². The van der Waals surface area contributed by atoms with E-state index in [0.717, 1.165) is 0 Å². The Morgan fingerprint density at radius 3 is 2.65 bits per heavy atom. The van der Waals surface area contributed by atoms with Crippen LogP contribution < -0.4 is 10.1 Å². The highest BCUT2D eigenvalue weighted by atomic mass is 35.5. The average molecular weight is 329 g/mol. The van der Waals surface area contributed by atoms with Crippen LogP contribution in [0, 0.1) is 11.3 Å². The van der Waals surface area contributed by atoms with Gasteiger partial charge in [-0.2, -0.15) is 5.26 Å². The first-order chi connectivity index (χ1) is 11.0. The minimum Gasteiger partial charge on any atom is -0.503 e. The number of amides is 1. The number of rotatable bonds is 4. The van der Waals surface area contributed by atoms with Gasteiger partial charge in [0, 0.05) is 5.69 Å². The van der Waals surface area contributed by atoms with Crippen LogP contribution in [0.2, 0.25) is 5.02 Å². The van der Waals surface area contributed by atoms with Crippen LogP contribution >= 0.6 is 11.6 Å². The van der Waals surface area contributed by atoms with Crippen LogP contribution in [0.5, 0.6) is 11.5 Å². The molecular formula is C17H13ClN2O3. The molecule has 5 nitrogen and oxygen atoms in total. The standard InChI is InChI=1S/C17H13ClN2O3/c1-23-15-9-11(8-14(18)16(15)21)7-12(10-19)17(22)20-13-5-3-2-4-6-13/h2-9,21H,1H3,(H,20,22)/b12-7-. The number of nitriles is 1. The number of hydrogen-bond donors (Lipinski definition) is 2. The van der Waals surface area contributed by atoms with Crippen molar-refractivity contribution in [2.24, 2.45) is 0 Å². The number of para-hydroxylation sites is 1. The average Bonchev–Trinajstić information content (AvgIpc) is 2.56. The Bertz CT molecular complexity index is 795. The molecule has 6 heteroatoms. The van der Waals surface area contributed by atoms with Gasteiger partial charge in [0.25, 0.3) is 5.91 Å². The maximum Gasteiger partial charge on any atom is 0.266 e. The van der Waals surface area contributed by atoms with E-state index in [9.17, 15) is 15.2 Å². The van der Waals surface area contributed by atoms with Crippen molar-refractivity contribution in [3.8, 4) is 17.6 Å². The van der Waals surface area contributed by atoms with Crippen LogP contribution in [-0.4, -0.2) is 18.1 Å². The Morgan fingerprint density at radius 2 is 2.04 bits per heavy atom. The molecule has 0 bridgehead atoms. The van der Waals surface area contributed by atoms with E-state index in [1.165, 1.54) is 25.3 Å². The smallest absolute Gasteiger partial charge is 0.266 e.